The van der Waals surface area contributed by atoms with E-state index >= 15 is 0 Å². The molecule has 94 valence electrons. The highest BCUT2D eigenvalue weighted by molar-refractivity contribution is 5.80. The molecule has 2 N–H and O–H groups in total. The van der Waals surface area contributed by atoms with Crippen molar-refractivity contribution < 1.29 is 0 Å². The summed E-state index contributed by atoms with van der Waals surface area (Å²) < 4.78 is 0. The molecule has 0 aliphatic heterocycles. The molecule has 1 saturated carbocycles. The average molecular weight is 226 g/mol. The Morgan fingerprint density at radius 3 is 2.44 bits per heavy atom. The lowest BCUT2D eigenvalue weighted by molar-refractivity contribution is 0.204. The van der Waals surface area contributed by atoms with Crippen LogP contribution >= 0.6 is 0 Å². The van der Waals surface area contributed by atoms with Crippen LogP contribution in [0.2, 0.25) is 0 Å². The molecule has 16 heavy (non-hydrogen) atoms. The summed E-state index contributed by atoms with van der Waals surface area (Å²) in [5, 5.41) is 6.71. The molecule has 1 aliphatic carbocycles. The lowest BCUT2D eigenvalue weighted by Gasteiger charge is -2.31. The minimum atomic E-state index is 0.103. The maximum absolute atomic E-state index is 4.64. The standard InChI is InChI=1S/C12H26N4/c1-6-13-11(15-10-7-8-10)14-9-12(2,3)16(4)5/h10H,6-9H2,1-5H3,(H2,13,14,15). The Bertz CT molecular complexity index is 241. The fourth-order valence-corrected chi connectivity index (χ4v) is 1.15. The van der Waals surface area contributed by atoms with Crippen LogP contribution in [-0.2, 0) is 0 Å². The smallest absolute Gasteiger partial charge is 0.191 e. The molecule has 0 amide bonds. The third-order valence-corrected chi connectivity index (χ3v) is 3.10. The number of hydrogen-bond acceptors (Lipinski definition) is 2. The van der Waals surface area contributed by atoms with Gasteiger partial charge in [-0.3, -0.25) is 4.99 Å². The van der Waals surface area contributed by atoms with Gasteiger partial charge in [0.15, 0.2) is 5.96 Å². The molecule has 0 spiro atoms. The first kappa shape index (κ1) is 13.3. The monoisotopic (exact) mass is 226 g/mol. The highest BCUT2D eigenvalue weighted by atomic mass is 15.2. The fraction of sp³-hybridized carbons (Fsp3) is 0.917. The van der Waals surface area contributed by atoms with Gasteiger partial charge in [-0.25, -0.2) is 0 Å². The van der Waals surface area contributed by atoms with Crippen LogP contribution in [0.4, 0.5) is 0 Å². The quantitative estimate of drug-likeness (QED) is 0.543. The summed E-state index contributed by atoms with van der Waals surface area (Å²) in [6.07, 6.45) is 2.56. The zero-order valence-corrected chi connectivity index (χ0v) is 11.3. The molecule has 4 heteroatoms. The summed E-state index contributed by atoms with van der Waals surface area (Å²) in [6.45, 7) is 8.23. The highest BCUT2D eigenvalue weighted by Crippen LogP contribution is 2.18. The molecule has 0 aromatic rings. The van der Waals surface area contributed by atoms with Gasteiger partial charge < -0.3 is 15.5 Å². The van der Waals surface area contributed by atoms with E-state index in [9.17, 15) is 0 Å². The Kier molecular flexibility index (Phi) is 4.59. The fourth-order valence-electron chi connectivity index (χ4n) is 1.15. The molecule has 4 nitrogen and oxygen atoms in total. The lowest BCUT2D eigenvalue weighted by Crippen LogP contribution is -2.44. The first-order chi connectivity index (χ1) is 7.45. The second kappa shape index (κ2) is 5.53. The van der Waals surface area contributed by atoms with Crippen LogP contribution in [0.25, 0.3) is 0 Å². The second-order valence-electron chi connectivity index (χ2n) is 5.32. The van der Waals surface area contributed by atoms with Gasteiger partial charge in [0.1, 0.15) is 0 Å². The van der Waals surface area contributed by atoms with E-state index < -0.39 is 0 Å². The van der Waals surface area contributed by atoms with Gasteiger partial charge in [-0.2, -0.15) is 0 Å². The van der Waals surface area contributed by atoms with Gasteiger partial charge >= 0.3 is 0 Å². The Balaban J connectivity index is 2.48. The van der Waals surface area contributed by atoms with Crippen molar-refractivity contribution in [3.8, 4) is 0 Å². The summed E-state index contributed by atoms with van der Waals surface area (Å²) in [5.41, 5.74) is 0.103. The van der Waals surface area contributed by atoms with Crippen molar-refractivity contribution in [3.63, 3.8) is 0 Å². The largest absolute Gasteiger partial charge is 0.357 e. The second-order valence-corrected chi connectivity index (χ2v) is 5.32. The normalized spacial score (nSPS) is 17.8. The summed E-state index contributed by atoms with van der Waals surface area (Å²) in [4.78, 5) is 6.84. The van der Waals surface area contributed by atoms with E-state index in [-0.39, 0.29) is 5.54 Å². The molecule has 0 radical (unpaired) electrons. The number of likely N-dealkylation sites (N-methyl/N-ethyl adjacent to an activating group) is 1. The van der Waals surface area contributed by atoms with Crippen molar-refractivity contribution >= 4 is 5.96 Å². The summed E-state index contributed by atoms with van der Waals surface area (Å²) in [7, 11) is 4.19. The lowest BCUT2D eigenvalue weighted by atomic mass is 10.1. The Labute approximate surface area is 99.5 Å². The highest BCUT2D eigenvalue weighted by Gasteiger charge is 2.23. The number of guanidine groups is 1. The van der Waals surface area contributed by atoms with Crippen LogP contribution in [0.3, 0.4) is 0 Å². The van der Waals surface area contributed by atoms with E-state index in [1.807, 2.05) is 0 Å². The van der Waals surface area contributed by atoms with Gasteiger partial charge in [-0.1, -0.05) is 0 Å². The first-order valence-electron chi connectivity index (χ1n) is 6.18. The molecule has 0 saturated heterocycles. The molecular weight excluding hydrogens is 200 g/mol. The van der Waals surface area contributed by atoms with E-state index in [2.05, 4.69) is 55.4 Å². The van der Waals surface area contributed by atoms with Gasteiger partial charge in [-0.15, -0.1) is 0 Å². The van der Waals surface area contributed by atoms with Crippen molar-refractivity contribution in [2.75, 3.05) is 27.2 Å². The van der Waals surface area contributed by atoms with Crippen LogP contribution in [0.15, 0.2) is 4.99 Å². The molecule has 0 atom stereocenters. The van der Waals surface area contributed by atoms with Crippen LogP contribution in [0, 0.1) is 0 Å². The van der Waals surface area contributed by atoms with Gasteiger partial charge in [0.25, 0.3) is 0 Å². The summed E-state index contributed by atoms with van der Waals surface area (Å²) >= 11 is 0. The summed E-state index contributed by atoms with van der Waals surface area (Å²) in [6, 6.07) is 0.653. The van der Waals surface area contributed by atoms with E-state index in [1.165, 1.54) is 12.8 Å². The van der Waals surface area contributed by atoms with Crippen LogP contribution in [0.1, 0.15) is 33.6 Å². The molecule has 1 aliphatic rings. The predicted octanol–water partition coefficient (Wildman–Crippen LogP) is 1.04. The summed E-state index contributed by atoms with van der Waals surface area (Å²) in [5.74, 6) is 0.958. The number of nitrogens with zero attached hydrogens (tertiary/aromatic N) is 2. The van der Waals surface area contributed by atoms with Gasteiger partial charge in [0, 0.05) is 18.1 Å². The molecule has 0 bridgehead atoms. The Morgan fingerprint density at radius 1 is 1.38 bits per heavy atom. The van der Waals surface area contributed by atoms with Crippen LogP contribution < -0.4 is 10.6 Å². The number of nitrogens with one attached hydrogen (secondary N) is 2. The van der Waals surface area contributed by atoms with Crippen molar-refractivity contribution in [3.05, 3.63) is 0 Å². The van der Waals surface area contributed by atoms with Gasteiger partial charge in [0.2, 0.25) is 0 Å². The molecule has 0 unspecified atom stereocenters. The molecule has 0 aromatic heterocycles. The van der Waals surface area contributed by atoms with E-state index in [4.69, 9.17) is 0 Å². The third-order valence-electron chi connectivity index (χ3n) is 3.10. The maximum Gasteiger partial charge on any atom is 0.191 e. The number of aliphatic imine (C=N–C) groups is 1. The molecule has 0 aromatic carbocycles. The van der Waals surface area contributed by atoms with Gasteiger partial charge in [-0.05, 0) is 47.7 Å². The van der Waals surface area contributed by atoms with Crippen molar-refractivity contribution in [1.82, 2.24) is 15.5 Å². The molecule has 1 rings (SSSR count). The van der Waals surface area contributed by atoms with Crippen molar-refractivity contribution in [1.29, 1.82) is 0 Å². The third kappa shape index (κ3) is 4.39. The molecule has 1 fully saturated rings. The average Bonchev–Trinajstić information content (AvgIpc) is 2.98. The van der Waals surface area contributed by atoms with Crippen molar-refractivity contribution in [2.24, 2.45) is 4.99 Å². The number of hydrogen-bond donors (Lipinski definition) is 2. The van der Waals surface area contributed by atoms with Gasteiger partial charge in [0.05, 0.1) is 6.54 Å². The minimum absolute atomic E-state index is 0.103. The molecule has 0 heterocycles. The van der Waals surface area contributed by atoms with Crippen molar-refractivity contribution in [2.45, 2.75) is 45.2 Å². The van der Waals surface area contributed by atoms with E-state index in [0.29, 0.717) is 6.04 Å². The number of rotatable bonds is 5. The zero-order valence-electron chi connectivity index (χ0n) is 11.3. The van der Waals surface area contributed by atoms with Crippen LogP contribution in [-0.4, -0.2) is 49.6 Å². The SMILES string of the molecule is CCNC(=NCC(C)(C)N(C)C)NC1CC1. The van der Waals surface area contributed by atoms with E-state index in [0.717, 1.165) is 19.0 Å². The minimum Gasteiger partial charge on any atom is -0.357 e. The molecular formula is C12H26N4. The van der Waals surface area contributed by atoms with E-state index in [1.54, 1.807) is 0 Å². The first-order valence-corrected chi connectivity index (χ1v) is 6.18. The predicted molar refractivity (Wildman–Crippen MR) is 69.9 cm³/mol. The Hall–Kier alpha value is -0.770. The Morgan fingerprint density at radius 2 is 2.00 bits per heavy atom. The van der Waals surface area contributed by atoms with Crippen LogP contribution in [0.5, 0.6) is 0 Å². The topological polar surface area (TPSA) is 39.7 Å². The zero-order chi connectivity index (χ0) is 12.2. The maximum atomic E-state index is 4.64.